The number of aromatic nitrogens is 4. The van der Waals surface area contributed by atoms with Gasteiger partial charge in [0.1, 0.15) is 24.2 Å². The number of nitrogens with zero attached hydrogens (tertiary/aromatic N) is 5. The molecule has 43 heavy (non-hydrogen) atoms. The SMILES string of the molecule is O=C(NC1CCCCC1)[C@@H](c1ccc(F)cc1)N(Cc1ccc2c(c1)OCO2)C(=O)Cn1nnc(-c2ccccc2F)n1. The van der Waals surface area contributed by atoms with Crippen molar-refractivity contribution >= 4 is 11.8 Å². The van der Waals surface area contributed by atoms with Gasteiger partial charge in [0.05, 0.1) is 5.56 Å². The monoisotopic (exact) mass is 588 g/mol. The maximum Gasteiger partial charge on any atom is 0.247 e. The fourth-order valence-electron chi connectivity index (χ4n) is 5.48. The normalized spacial score (nSPS) is 15.2. The van der Waals surface area contributed by atoms with E-state index in [1.807, 2.05) is 0 Å². The molecule has 0 saturated heterocycles. The average molecular weight is 589 g/mol. The maximum atomic E-state index is 14.3. The van der Waals surface area contributed by atoms with E-state index in [1.54, 1.807) is 30.3 Å². The topological polar surface area (TPSA) is 111 Å². The van der Waals surface area contributed by atoms with Crippen LogP contribution in [0, 0.1) is 11.6 Å². The zero-order valence-electron chi connectivity index (χ0n) is 23.3. The van der Waals surface area contributed by atoms with Crippen molar-refractivity contribution in [3.63, 3.8) is 0 Å². The molecule has 1 fully saturated rings. The lowest BCUT2D eigenvalue weighted by molar-refractivity contribution is -0.142. The molecule has 3 aromatic carbocycles. The standard InChI is InChI=1S/C31H30F2N6O4/c32-22-13-11-21(12-14-22)29(31(41)34-23-6-2-1-3-7-23)38(17-20-10-15-26-27(16-20)43-19-42-26)28(40)18-39-36-30(35-37-39)24-8-4-5-9-25(24)33/h4-5,8-16,23,29H,1-3,6-7,17-19H2,(H,34,41)/t29-/m1/s1. The van der Waals surface area contributed by atoms with Crippen LogP contribution in [0.3, 0.4) is 0 Å². The number of hydrogen-bond acceptors (Lipinski definition) is 7. The van der Waals surface area contributed by atoms with Gasteiger partial charge in [0, 0.05) is 12.6 Å². The van der Waals surface area contributed by atoms with Crippen molar-refractivity contribution in [3.8, 4) is 22.9 Å². The van der Waals surface area contributed by atoms with E-state index in [0.29, 0.717) is 22.6 Å². The number of carbonyl (C=O) groups excluding carboxylic acids is 2. The smallest absolute Gasteiger partial charge is 0.247 e. The zero-order valence-corrected chi connectivity index (χ0v) is 23.3. The lowest BCUT2D eigenvalue weighted by atomic mass is 9.94. The van der Waals surface area contributed by atoms with Gasteiger partial charge in [-0.3, -0.25) is 9.59 Å². The molecule has 2 aliphatic rings. The van der Waals surface area contributed by atoms with Gasteiger partial charge in [-0.05, 0) is 65.6 Å². The van der Waals surface area contributed by atoms with Gasteiger partial charge in [-0.15, -0.1) is 10.2 Å². The highest BCUT2D eigenvalue weighted by atomic mass is 19.1. The number of carbonyl (C=O) groups is 2. The van der Waals surface area contributed by atoms with Crippen molar-refractivity contribution in [2.45, 2.75) is 57.3 Å². The second-order valence-corrected chi connectivity index (χ2v) is 10.6. The Hall–Kier alpha value is -4.87. The van der Waals surface area contributed by atoms with Crippen molar-refractivity contribution in [3.05, 3.63) is 89.5 Å². The predicted octanol–water partition coefficient (Wildman–Crippen LogP) is 4.57. The molecule has 6 rings (SSSR count). The lowest BCUT2D eigenvalue weighted by Crippen LogP contribution is -2.47. The molecule has 1 aliphatic carbocycles. The second-order valence-electron chi connectivity index (χ2n) is 10.6. The van der Waals surface area contributed by atoms with Gasteiger partial charge in [-0.25, -0.2) is 8.78 Å². The number of fused-ring (bicyclic) bond motifs is 1. The van der Waals surface area contributed by atoms with Crippen molar-refractivity contribution in [1.82, 2.24) is 30.4 Å². The van der Waals surface area contributed by atoms with Gasteiger partial charge < -0.3 is 19.7 Å². The van der Waals surface area contributed by atoms with Gasteiger partial charge in [-0.1, -0.05) is 49.6 Å². The Morgan fingerprint density at radius 2 is 1.74 bits per heavy atom. The number of rotatable bonds is 9. The third-order valence-electron chi connectivity index (χ3n) is 7.65. The summed E-state index contributed by atoms with van der Waals surface area (Å²) in [4.78, 5) is 30.5. The van der Waals surface area contributed by atoms with Crippen LogP contribution >= 0.6 is 0 Å². The number of nitrogens with one attached hydrogen (secondary N) is 1. The Balaban J connectivity index is 1.34. The van der Waals surface area contributed by atoms with Crippen LogP contribution in [0.5, 0.6) is 11.5 Å². The first-order chi connectivity index (χ1) is 20.9. The molecule has 0 radical (unpaired) electrons. The quantitative estimate of drug-likeness (QED) is 0.305. The van der Waals surface area contributed by atoms with Crippen molar-refractivity contribution in [2.75, 3.05) is 6.79 Å². The number of amides is 2. The first-order valence-electron chi connectivity index (χ1n) is 14.2. The molecule has 222 valence electrons. The van der Waals surface area contributed by atoms with Crippen LogP contribution in [0.2, 0.25) is 0 Å². The summed E-state index contributed by atoms with van der Waals surface area (Å²) >= 11 is 0. The average Bonchev–Trinajstić information content (AvgIpc) is 3.68. The third kappa shape index (κ3) is 6.47. The Labute approximate surface area is 246 Å². The number of benzene rings is 3. The van der Waals surface area contributed by atoms with Crippen LogP contribution in [0.1, 0.15) is 49.3 Å². The zero-order chi connectivity index (χ0) is 29.8. The molecule has 0 spiro atoms. The molecule has 1 aliphatic heterocycles. The number of ether oxygens (including phenoxy) is 2. The van der Waals surface area contributed by atoms with Gasteiger partial charge in [0.15, 0.2) is 11.5 Å². The highest BCUT2D eigenvalue weighted by molar-refractivity contribution is 5.89. The highest BCUT2D eigenvalue weighted by Gasteiger charge is 2.34. The number of hydrogen-bond donors (Lipinski definition) is 1. The molecule has 1 saturated carbocycles. The Kier molecular flexibility index (Phi) is 8.25. The van der Waals surface area contributed by atoms with E-state index in [9.17, 15) is 18.4 Å². The van der Waals surface area contributed by atoms with Crippen LogP contribution in [-0.2, 0) is 22.7 Å². The number of tetrazole rings is 1. The Morgan fingerprint density at radius 3 is 2.53 bits per heavy atom. The first kappa shape index (κ1) is 28.3. The van der Waals surface area contributed by atoms with E-state index in [0.717, 1.165) is 36.9 Å². The van der Waals surface area contributed by atoms with E-state index >= 15 is 0 Å². The van der Waals surface area contributed by atoms with Crippen LogP contribution in [-0.4, -0.2) is 49.8 Å². The van der Waals surface area contributed by atoms with Crippen LogP contribution in [0.25, 0.3) is 11.4 Å². The first-order valence-corrected chi connectivity index (χ1v) is 14.2. The summed E-state index contributed by atoms with van der Waals surface area (Å²) in [5, 5.41) is 15.2. The fourth-order valence-corrected chi connectivity index (χ4v) is 5.48. The van der Waals surface area contributed by atoms with E-state index in [4.69, 9.17) is 9.47 Å². The van der Waals surface area contributed by atoms with Crippen molar-refractivity contribution in [1.29, 1.82) is 0 Å². The van der Waals surface area contributed by atoms with Crippen LogP contribution < -0.4 is 14.8 Å². The predicted molar refractivity (Wildman–Crippen MR) is 150 cm³/mol. The molecular weight excluding hydrogens is 558 g/mol. The largest absolute Gasteiger partial charge is 0.454 e. The Bertz CT molecular complexity index is 1610. The summed E-state index contributed by atoms with van der Waals surface area (Å²) in [6.45, 7) is -0.267. The minimum atomic E-state index is -1.09. The molecular formula is C31H30F2N6O4. The lowest BCUT2D eigenvalue weighted by Gasteiger charge is -2.33. The highest BCUT2D eigenvalue weighted by Crippen LogP contribution is 2.34. The van der Waals surface area contributed by atoms with Gasteiger partial charge in [0.25, 0.3) is 0 Å². The van der Waals surface area contributed by atoms with E-state index < -0.39 is 23.6 Å². The van der Waals surface area contributed by atoms with Gasteiger partial charge in [0.2, 0.25) is 24.4 Å². The second kappa shape index (κ2) is 12.6. The molecule has 2 amide bonds. The summed E-state index contributed by atoms with van der Waals surface area (Å²) in [6, 6.07) is 15.7. The molecule has 12 heteroatoms. The molecule has 1 aromatic heterocycles. The van der Waals surface area contributed by atoms with Crippen LogP contribution in [0.4, 0.5) is 8.78 Å². The minimum Gasteiger partial charge on any atom is -0.454 e. The minimum absolute atomic E-state index is 0.0183. The Morgan fingerprint density at radius 1 is 0.977 bits per heavy atom. The molecule has 1 N–H and O–H groups in total. The fraction of sp³-hybridized carbons (Fsp3) is 0.323. The van der Waals surface area contributed by atoms with Crippen molar-refractivity contribution < 1.29 is 27.8 Å². The van der Waals surface area contributed by atoms with Crippen LogP contribution in [0.15, 0.2) is 66.7 Å². The van der Waals surface area contributed by atoms with E-state index in [-0.39, 0.29) is 43.2 Å². The summed E-state index contributed by atoms with van der Waals surface area (Å²) in [5.41, 5.74) is 1.28. The summed E-state index contributed by atoms with van der Waals surface area (Å²) < 4.78 is 39.2. The summed E-state index contributed by atoms with van der Waals surface area (Å²) in [5.74, 6) is -0.709. The molecule has 4 aromatic rings. The van der Waals surface area contributed by atoms with Gasteiger partial charge >= 0.3 is 0 Å². The molecule has 1 atom stereocenters. The molecule has 0 unspecified atom stereocenters. The third-order valence-corrected chi connectivity index (χ3v) is 7.65. The van der Waals surface area contributed by atoms with Crippen molar-refractivity contribution in [2.24, 2.45) is 0 Å². The summed E-state index contributed by atoms with van der Waals surface area (Å²) in [7, 11) is 0. The maximum absolute atomic E-state index is 14.3. The summed E-state index contributed by atoms with van der Waals surface area (Å²) in [6.07, 6.45) is 4.82. The molecule has 2 heterocycles. The molecule has 0 bridgehead atoms. The molecule has 10 nitrogen and oxygen atoms in total. The van der Waals surface area contributed by atoms with E-state index in [2.05, 4.69) is 20.7 Å². The number of halogens is 2. The van der Waals surface area contributed by atoms with E-state index in [1.165, 1.54) is 41.3 Å². The van der Waals surface area contributed by atoms with Gasteiger partial charge in [-0.2, -0.15) is 4.80 Å².